The third-order valence-corrected chi connectivity index (χ3v) is 3.12. The Morgan fingerprint density at radius 1 is 1.21 bits per heavy atom. The van der Waals surface area contributed by atoms with Crippen molar-refractivity contribution in [1.82, 2.24) is 0 Å². The van der Waals surface area contributed by atoms with Gasteiger partial charge in [0.25, 0.3) is 6.43 Å². The fraction of sp³-hybridized carbons (Fsp3) is 0.200. The molecule has 1 atom stereocenters. The van der Waals surface area contributed by atoms with Crippen LogP contribution in [0.25, 0.3) is 10.1 Å². The average molecular weight is 213 g/mol. The van der Waals surface area contributed by atoms with Crippen molar-refractivity contribution in [3.8, 4) is 0 Å². The highest BCUT2D eigenvalue weighted by atomic mass is 32.1. The summed E-state index contributed by atoms with van der Waals surface area (Å²) in [6, 6.07) is 6.27. The molecule has 0 bridgehead atoms. The van der Waals surface area contributed by atoms with Crippen LogP contribution in [0.15, 0.2) is 29.6 Å². The Hall–Kier alpha value is -1.00. The maximum absolute atomic E-state index is 12.4. The highest BCUT2D eigenvalue weighted by Gasteiger charge is 2.20. The molecular formula is C10H9F2NS. The Morgan fingerprint density at radius 2 is 1.93 bits per heavy atom. The Balaban J connectivity index is 2.53. The molecule has 14 heavy (non-hydrogen) atoms. The van der Waals surface area contributed by atoms with Gasteiger partial charge in [-0.3, -0.25) is 0 Å². The van der Waals surface area contributed by atoms with E-state index in [9.17, 15) is 8.78 Å². The fourth-order valence-corrected chi connectivity index (χ4v) is 2.40. The maximum atomic E-state index is 12.4. The molecule has 1 aromatic heterocycles. The molecule has 0 spiro atoms. The largest absolute Gasteiger partial charge is 0.319 e. The summed E-state index contributed by atoms with van der Waals surface area (Å²) in [7, 11) is 0. The smallest absolute Gasteiger partial charge is 0.257 e. The van der Waals surface area contributed by atoms with E-state index in [0.717, 1.165) is 10.1 Å². The molecule has 1 nitrogen and oxygen atoms in total. The zero-order valence-corrected chi connectivity index (χ0v) is 8.10. The molecule has 74 valence electrons. The molecule has 0 aliphatic rings. The van der Waals surface area contributed by atoms with Crippen LogP contribution in [0.4, 0.5) is 8.78 Å². The fourth-order valence-electron chi connectivity index (χ4n) is 1.39. The normalized spacial score (nSPS) is 13.7. The molecule has 1 heterocycles. The summed E-state index contributed by atoms with van der Waals surface area (Å²) >= 11 is 1.45. The molecule has 4 heteroatoms. The van der Waals surface area contributed by atoms with Gasteiger partial charge in [-0.2, -0.15) is 0 Å². The van der Waals surface area contributed by atoms with E-state index in [1.165, 1.54) is 11.3 Å². The molecule has 1 unspecified atom stereocenters. The molecule has 2 aromatic rings. The minimum atomic E-state index is -2.51. The maximum Gasteiger partial charge on any atom is 0.257 e. The lowest BCUT2D eigenvalue weighted by molar-refractivity contribution is 0.117. The van der Waals surface area contributed by atoms with Crippen LogP contribution in [-0.4, -0.2) is 6.43 Å². The molecule has 0 aliphatic heterocycles. The lowest BCUT2D eigenvalue weighted by Gasteiger charge is -2.08. The van der Waals surface area contributed by atoms with Gasteiger partial charge in [-0.05, 0) is 22.4 Å². The third kappa shape index (κ3) is 1.51. The summed E-state index contributed by atoms with van der Waals surface area (Å²) in [5, 5.41) is 2.55. The number of halogens is 2. The summed E-state index contributed by atoms with van der Waals surface area (Å²) in [6.07, 6.45) is -2.51. The van der Waals surface area contributed by atoms with Crippen LogP contribution in [0.5, 0.6) is 0 Å². The van der Waals surface area contributed by atoms with E-state index in [1.54, 1.807) is 5.38 Å². The van der Waals surface area contributed by atoms with Gasteiger partial charge in [-0.25, -0.2) is 8.78 Å². The van der Waals surface area contributed by atoms with Crippen molar-refractivity contribution in [2.75, 3.05) is 0 Å². The monoisotopic (exact) mass is 213 g/mol. The number of benzene rings is 1. The second kappa shape index (κ2) is 3.63. The zero-order chi connectivity index (χ0) is 10.1. The summed E-state index contributed by atoms with van der Waals surface area (Å²) < 4.78 is 25.8. The van der Waals surface area contributed by atoms with Gasteiger partial charge >= 0.3 is 0 Å². The molecule has 0 fully saturated rings. The lowest BCUT2D eigenvalue weighted by atomic mass is 10.1. The second-order valence-corrected chi connectivity index (χ2v) is 3.96. The van der Waals surface area contributed by atoms with Gasteiger partial charge in [0.2, 0.25) is 0 Å². The van der Waals surface area contributed by atoms with Crippen molar-refractivity contribution in [3.05, 3.63) is 35.2 Å². The van der Waals surface area contributed by atoms with E-state index in [4.69, 9.17) is 5.73 Å². The highest BCUT2D eigenvalue weighted by Crippen LogP contribution is 2.31. The molecule has 1 aromatic carbocycles. The first-order valence-electron chi connectivity index (χ1n) is 4.20. The summed E-state index contributed by atoms with van der Waals surface area (Å²) in [5.41, 5.74) is 5.95. The first-order chi connectivity index (χ1) is 6.70. The van der Waals surface area contributed by atoms with Gasteiger partial charge in [-0.15, -0.1) is 11.3 Å². The lowest BCUT2D eigenvalue weighted by Crippen LogP contribution is -2.18. The Morgan fingerprint density at radius 3 is 2.64 bits per heavy atom. The minimum Gasteiger partial charge on any atom is -0.319 e. The van der Waals surface area contributed by atoms with Crippen LogP contribution in [0.3, 0.4) is 0 Å². The van der Waals surface area contributed by atoms with Crippen molar-refractivity contribution in [3.63, 3.8) is 0 Å². The summed E-state index contributed by atoms with van der Waals surface area (Å²) in [6.45, 7) is 0. The van der Waals surface area contributed by atoms with Crippen molar-refractivity contribution < 1.29 is 8.78 Å². The second-order valence-electron chi connectivity index (χ2n) is 3.05. The number of nitrogens with two attached hydrogens (primary N) is 1. The molecule has 2 rings (SSSR count). The number of hydrogen-bond acceptors (Lipinski definition) is 2. The molecular weight excluding hydrogens is 204 g/mol. The number of rotatable bonds is 2. The number of hydrogen-bond donors (Lipinski definition) is 1. The molecule has 0 radical (unpaired) electrons. The van der Waals surface area contributed by atoms with Gasteiger partial charge in [0.1, 0.15) is 0 Å². The first kappa shape index (κ1) is 9.55. The van der Waals surface area contributed by atoms with E-state index in [0.29, 0.717) is 5.56 Å². The Labute approximate surface area is 84.2 Å². The van der Waals surface area contributed by atoms with E-state index in [2.05, 4.69) is 0 Å². The van der Waals surface area contributed by atoms with Crippen LogP contribution in [-0.2, 0) is 0 Å². The van der Waals surface area contributed by atoms with E-state index in [1.807, 2.05) is 24.3 Å². The standard InChI is InChI=1S/C10H9F2NS/c11-10(12)9(13)7-5-14-8-4-2-1-3-6(7)8/h1-5,9-10H,13H2. The predicted molar refractivity (Wildman–Crippen MR) is 54.8 cm³/mol. The van der Waals surface area contributed by atoms with Crippen LogP contribution in [0.2, 0.25) is 0 Å². The van der Waals surface area contributed by atoms with Crippen molar-refractivity contribution in [1.29, 1.82) is 0 Å². The average Bonchev–Trinajstić information content (AvgIpc) is 2.60. The first-order valence-corrected chi connectivity index (χ1v) is 5.08. The summed E-state index contributed by atoms with van der Waals surface area (Å²) in [4.78, 5) is 0. The van der Waals surface area contributed by atoms with E-state index in [-0.39, 0.29) is 0 Å². The zero-order valence-electron chi connectivity index (χ0n) is 7.28. The van der Waals surface area contributed by atoms with Gasteiger partial charge in [-0.1, -0.05) is 18.2 Å². The number of alkyl halides is 2. The van der Waals surface area contributed by atoms with Gasteiger partial charge in [0, 0.05) is 4.70 Å². The van der Waals surface area contributed by atoms with Crippen LogP contribution in [0.1, 0.15) is 11.6 Å². The molecule has 2 N–H and O–H groups in total. The van der Waals surface area contributed by atoms with E-state index >= 15 is 0 Å². The highest BCUT2D eigenvalue weighted by molar-refractivity contribution is 7.17. The molecule has 0 saturated heterocycles. The molecule has 0 saturated carbocycles. The van der Waals surface area contributed by atoms with Crippen molar-refractivity contribution in [2.45, 2.75) is 12.5 Å². The van der Waals surface area contributed by atoms with Crippen molar-refractivity contribution >= 4 is 21.4 Å². The van der Waals surface area contributed by atoms with Gasteiger partial charge in [0.15, 0.2) is 0 Å². The SMILES string of the molecule is NC(c1csc2ccccc12)C(F)F. The topological polar surface area (TPSA) is 26.0 Å². The number of fused-ring (bicyclic) bond motifs is 1. The van der Waals surface area contributed by atoms with Crippen LogP contribution in [0, 0.1) is 0 Å². The van der Waals surface area contributed by atoms with Crippen LogP contribution >= 0.6 is 11.3 Å². The third-order valence-electron chi connectivity index (χ3n) is 2.14. The molecule has 0 amide bonds. The minimum absolute atomic E-state index is 0.542. The predicted octanol–water partition coefficient (Wildman–Crippen LogP) is 3.17. The van der Waals surface area contributed by atoms with Gasteiger partial charge in [0.05, 0.1) is 6.04 Å². The van der Waals surface area contributed by atoms with Crippen molar-refractivity contribution in [2.24, 2.45) is 5.73 Å². The van der Waals surface area contributed by atoms with E-state index < -0.39 is 12.5 Å². The Bertz CT molecular complexity index is 438. The van der Waals surface area contributed by atoms with Crippen LogP contribution < -0.4 is 5.73 Å². The quantitative estimate of drug-likeness (QED) is 0.814. The van der Waals surface area contributed by atoms with Gasteiger partial charge < -0.3 is 5.73 Å². The molecule has 0 aliphatic carbocycles. The number of thiophene rings is 1. The Kier molecular flexibility index (Phi) is 2.48. The summed E-state index contributed by atoms with van der Waals surface area (Å²) in [5.74, 6) is 0.